The van der Waals surface area contributed by atoms with Crippen LogP contribution in [0, 0.1) is 5.92 Å². The van der Waals surface area contributed by atoms with Gasteiger partial charge in [-0.1, -0.05) is 26.7 Å². The van der Waals surface area contributed by atoms with Crippen LogP contribution < -0.4 is 33.2 Å². The number of aliphatic carboxylic acids is 2. The molecular weight excluding hydrogens is 476 g/mol. The van der Waals surface area contributed by atoms with E-state index in [1.807, 2.05) is 0 Å². The van der Waals surface area contributed by atoms with Crippen LogP contribution in [0.4, 0.5) is 0 Å². The summed E-state index contributed by atoms with van der Waals surface area (Å²) in [5, 5.41) is 25.6. The van der Waals surface area contributed by atoms with Crippen molar-refractivity contribution in [2.24, 2.45) is 23.1 Å². The maximum atomic E-state index is 13.0. The van der Waals surface area contributed by atoms with Crippen molar-refractivity contribution in [3.05, 3.63) is 0 Å². The topological polar surface area (TPSA) is 257 Å². The second kappa shape index (κ2) is 17.2. The third kappa shape index (κ3) is 13.0. The minimum absolute atomic E-state index is 0.194. The van der Waals surface area contributed by atoms with E-state index in [1.54, 1.807) is 13.8 Å². The molecule has 0 fully saturated rings. The van der Waals surface area contributed by atoms with Gasteiger partial charge in [0.05, 0.1) is 6.04 Å². The zero-order valence-electron chi connectivity index (χ0n) is 20.8. The van der Waals surface area contributed by atoms with Crippen LogP contribution in [0.3, 0.4) is 0 Å². The lowest BCUT2D eigenvalue weighted by Crippen LogP contribution is -2.57. The Kier molecular flexibility index (Phi) is 15.7. The van der Waals surface area contributed by atoms with Crippen LogP contribution >= 0.6 is 0 Å². The molecule has 0 bridgehead atoms. The second-order valence-corrected chi connectivity index (χ2v) is 8.66. The van der Waals surface area contributed by atoms with Crippen LogP contribution in [0.15, 0.2) is 0 Å². The normalized spacial score (nSPS) is 15.0. The zero-order valence-corrected chi connectivity index (χ0v) is 20.8. The van der Waals surface area contributed by atoms with Gasteiger partial charge in [0.25, 0.3) is 0 Å². The lowest BCUT2D eigenvalue weighted by molar-refractivity contribution is -0.144. The van der Waals surface area contributed by atoms with E-state index in [1.165, 1.54) is 0 Å². The van der Waals surface area contributed by atoms with Gasteiger partial charge in [-0.25, -0.2) is 4.79 Å². The average Bonchev–Trinajstić information content (AvgIpc) is 2.81. The summed E-state index contributed by atoms with van der Waals surface area (Å²) in [5.74, 6) is -6.11. The van der Waals surface area contributed by atoms with Crippen LogP contribution in [0.1, 0.15) is 65.2 Å². The van der Waals surface area contributed by atoms with Gasteiger partial charge in [-0.2, -0.15) is 0 Å². The van der Waals surface area contributed by atoms with Gasteiger partial charge in [0, 0.05) is 12.8 Å². The largest absolute Gasteiger partial charge is 0.481 e. The van der Waals surface area contributed by atoms with Gasteiger partial charge < -0.3 is 43.4 Å². The number of hydrogen-bond acceptors (Lipinski definition) is 8. The second-order valence-electron chi connectivity index (χ2n) is 8.66. The van der Waals surface area contributed by atoms with Crippen LogP contribution in [0.25, 0.3) is 0 Å². The molecule has 11 N–H and O–H groups in total. The molecule has 0 saturated heterocycles. The first kappa shape index (κ1) is 32.7. The Bertz CT molecular complexity index is 778. The van der Waals surface area contributed by atoms with Crippen molar-refractivity contribution in [1.29, 1.82) is 0 Å². The van der Waals surface area contributed by atoms with E-state index in [0.717, 1.165) is 0 Å². The molecule has 4 amide bonds. The maximum Gasteiger partial charge on any atom is 0.326 e. The molecule has 0 aromatic carbocycles. The summed E-state index contributed by atoms with van der Waals surface area (Å²) >= 11 is 0. The Morgan fingerprint density at radius 3 is 1.81 bits per heavy atom. The molecule has 0 heterocycles. The molecule has 206 valence electrons. The first-order chi connectivity index (χ1) is 16.8. The molecule has 0 aliphatic heterocycles. The minimum Gasteiger partial charge on any atom is -0.481 e. The van der Waals surface area contributed by atoms with Crippen molar-refractivity contribution in [2.75, 3.05) is 6.54 Å². The van der Waals surface area contributed by atoms with Crippen molar-refractivity contribution < 1.29 is 39.0 Å². The molecule has 14 heteroatoms. The summed E-state index contributed by atoms with van der Waals surface area (Å²) in [6, 6.07) is -4.91. The number of amides is 4. The third-order valence-corrected chi connectivity index (χ3v) is 5.68. The number of carboxylic acids is 2. The lowest BCUT2D eigenvalue weighted by Gasteiger charge is -2.26. The molecular formula is C22H40N6O8. The van der Waals surface area contributed by atoms with E-state index in [-0.39, 0.29) is 19.3 Å². The van der Waals surface area contributed by atoms with Gasteiger partial charge in [-0.15, -0.1) is 0 Å². The van der Waals surface area contributed by atoms with Gasteiger partial charge in [-0.05, 0) is 38.1 Å². The van der Waals surface area contributed by atoms with Crippen LogP contribution in [0.2, 0.25) is 0 Å². The van der Waals surface area contributed by atoms with E-state index in [0.29, 0.717) is 32.2 Å². The molecule has 0 aliphatic rings. The zero-order chi connectivity index (χ0) is 27.8. The molecule has 0 saturated carbocycles. The van der Waals surface area contributed by atoms with Crippen molar-refractivity contribution in [1.82, 2.24) is 16.0 Å². The Hall–Kier alpha value is -3.26. The summed E-state index contributed by atoms with van der Waals surface area (Å²) in [7, 11) is 0. The Morgan fingerprint density at radius 2 is 1.33 bits per heavy atom. The Balaban J connectivity index is 5.61. The van der Waals surface area contributed by atoms with E-state index in [2.05, 4.69) is 16.0 Å². The standard InChI is InChI=1S/C22H40N6O8/c1-3-12(2)18(22(35)36)28-21(34)15(8-10-17(30)31)27-20(33)14(7-9-16(25)29)26-19(32)13(24)6-4-5-11-23/h12-15,18H,3-11,23-24H2,1-2H3,(H2,25,29)(H,26,32)(H,27,33)(H,28,34)(H,30,31)(H,35,36). The first-order valence-electron chi connectivity index (χ1n) is 11.9. The summed E-state index contributed by atoms with van der Waals surface area (Å²) in [5.41, 5.74) is 16.4. The fourth-order valence-electron chi connectivity index (χ4n) is 3.22. The highest BCUT2D eigenvalue weighted by molar-refractivity contribution is 5.94. The number of nitrogens with one attached hydrogen (secondary N) is 3. The number of rotatable bonds is 19. The van der Waals surface area contributed by atoms with E-state index < -0.39 is 72.1 Å². The maximum absolute atomic E-state index is 13.0. The molecule has 5 atom stereocenters. The Labute approximate surface area is 210 Å². The number of carbonyl (C=O) groups excluding carboxylic acids is 4. The molecule has 5 unspecified atom stereocenters. The molecule has 0 radical (unpaired) electrons. The molecule has 0 spiro atoms. The molecule has 0 aromatic rings. The summed E-state index contributed by atoms with van der Waals surface area (Å²) in [6.45, 7) is 3.79. The molecule has 0 aromatic heterocycles. The minimum atomic E-state index is -1.41. The van der Waals surface area contributed by atoms with Gasteiger partial charge >= 0.3 is 11.9 Å². The first-order valence-corrected chi connectivity index (χ1v) is 11.9. The predicted octanol–water partition coefficient (Wildman–Crippen LogP) is -1.84. The van der Waals surface area contributed by atoms with Crippen LogP contribution in [0.5, 0.6) is 0 Å². The molecule has 0 rings (SSSR count). The lowest BCUT2D eigenvalue weighted by atomic mass is 9.98. The average molecular weight is 517 g/mol. The highest BCUT2D eigenvalue weighted by Crippen LogP contribution is 2.10. The highest BCUT2D eigenvalue weighted by atomic mass is 16.4. The van der Waals surface area contributed by atoms with Crippen molar-refractivity contribution >= 4 is 35.6 Å². The van der Waals surface area contributed by atoms with Crippen molar-refractivity contribution in [3.63, 3.8) is 0 Å². The van der Waals surface area contributed by atoms with Gasteiger partial charge in [0.2, 0.25) is 23.6 Å². The number of unbranched alkanes of at least 4 members (excludes halogenated alkanes) is 1. The molecule has 0 aliphatic carbocycles. The quantitative estimate of drug-likeness (QED) is 0.0889. The highest BCUT2D eigenvalue weighted by Gasteiger charge is 2.32. The fraction of sp³-hybridized carbons (Fsp3) is 0.727. The molecule has 14 nitrogen and oxygen atoms in total. The SMILES string of the molecule is CCC(C)C(NC(=O)C(CCC(=O)O)NC(=O)C(CCC(N)=O)NC(=O)C(N)CCCCN)C(=O)O. The van der Waals surface area contributed by atoms with E-state index in [4.69, 9.17) is 22.3 Å². The number of carboxylic acid groups (broad SMARTS) is 2. The number of hydrogen-bond donors (Lipinski definition) is 8. The number of nitrogens with two attached hydrogens (primary N) is 3. The smallest absolute Gasteiger partial charge is 0.326 e. The summed E-state index contributed by atoms with van der Waals surface area (Å²) in [4.78, 5) is 72.2. The monoisotopic (exact) mass is 516 g/mol. The van der Waals surface area contributed by atoms with Gasteiger partial charge in [0.1, 0.15) is 18.1 Å². The Morgan fingerprint density at radius 1 is 0.806 bits per heavy atom. The molecule has 36 heavy (non-hydrogen) atoms. The van der Waals surface area contributed by atoms with Crippen LogP contribution in [-0.4, -0.2) is 76.5 Å². The predicted molar refractivity (Wildman–Crippen MR) is 129 cm³/mol. The van der Waals surface area contributed by atoms with Gasteiger partial charge in [0.15, 0.2) is 0 Å². The third-order valence-electron chi connectivity index (χ3n) is 5.68. The van der Waals surface area contributed by atoms with E-state index >= 15 is 0 Å². The summed E-state index contributed by atoms with van der Waals surface area (Å²) < 4.78 is 0. The van der Waals surface area contributed by atoms with Crippen molar-refractivity contribution in [2.45, 2.75) is 89.4 Å². The summed E-state index contributed by atoms with van der Waals surface area (Å²) in [6.07, 6.45) is 0.697. The number of primary amides is 1. The van der Waals surface area contributed by atoms with E-state index in [9.17, 15) is 33.9 Å². The van der Waals surface area contributed by atoms with Gasteiger partial charge in [-0.3, -0.25) is 24.0 Å². The van der Waals surface area contributed by atoms with Crippen LogP contribution in [-0.2, 0) is 28.8 Å². The fourth-order valence-corrected chi connectivity index (χ4v) is 3.22. The van der Waals surface area contributed by atoms with Crippen molar-refractivity contribution in [3.8, 4) is 0 Å². The number of carbonyl (C=O) groups is 6.